The molecule has 0 saturated heterocycles. The molecule has 1 aliphatic rings. The number of aromatic nitrogens is 1. The third-order valence-corrected chi connectivity index (χ3v) is 3.91. The van der Waals surface area contributed by atoms with Crippen LogP contribution in [0.4, 0.5) is 0 Å². The molecule has 2 atom stereocenters. The Hall–Kier alpha value is -2.49. The maximum absolute atomic E-state index is 12.0. The summed E-state index contributed by atoms with van der Waals surface area (Å²) in [4.78, 5) is 26.9. The van der Waals surface area contributed by atoms with Gasteiger partial charge in [0.1, 0.15) is 6.10 Å². The van der Waals surface area contributed by atoms with E-state index in [9.17, 15) is 9.59 Å². The molecule has 21 heavy (non-hydrogen) atoms. The summed E-state index contributed by atoms with van der Waals surface area (Å²) in [6, 6.07) is 11.3. The van der Waals surface area contributed by atoms with Crippen LogP contribution in [-0.4, -0.2) is 17.2 Å². The van der Waals surface area contributed by atoms with E-state index in [4.69, 9.17) is 4.74 Å². The Morgan fingerprint density at radius 2 is 2.14 bits per heavy atom. The van der Waals surface area contributed by atoms with Crippen LogP contribution in [-0.2, 0) is 9.53 Å². The van der Waals surface area contributed by atoms with E-state index in [0.29, 0.717) is 19.3 Å². The smallest absolute Gasteiger partial charge is 0.293 e. The van der Waals surface area contributed by atoms with Crippen LogP contribution < -0.4 is 0 Å². The van der Waals surface area contributed by atoms with E-state index in [-0.39, 0.29) is 17.8 Å². The number of Topliss-reactive ketones (excluding diaryl/α,β-unsaturated/α-hetero) is 1. The molecule has 2 aromatic rings. The maximum atomic E-state index is 12.0. The Bertz CT molecular complexity index is 654. The second kappa shape index (κ2) is 5.87. The molecule has 0 bridgehead atoms. The van der Waals surface area contributed by atoms with E-state index < -0.39 is 0 Å². The largest absolute Gasteiger partial charge is 0.460 e. The highest BCUT2D eigenvalue weighted by Gasteiger charge is 2.31. The Kier molecular flexibility index (Phi) is 3.77. The van der Waals surface area contributed by atoms with Crippen molar-refractivity contribution < 1.29 is 14.3 Å². The SMILES string of the molecule is O=COC(CC1CC(=O)c2ccccc21)c1cccnc1. The normalized spacial score (nSPS) is 18.1. The lowest BCUT2D eigenvalue weighted by Gasteiger charge is -2.19. The minimum atomic E-state index is -0.375. The molecule has 106 valence electrons. The molecule has 0 spiro atoms. The third kappa shape index (κ3) is 2.70. The Labute approximate surface area is 122 Å². The Balaban J connectivity index is 1.85. The first-order valence-corrected chi connectivity index (χ1v) is 6.90. The summed E-state index contributed by atoms with van der Waals surface area (Å²) in [6.45, 7) is 0.459. The van der Waals surface area contributed by atoms with Crippen LogP contribution in [0.15, 0.2) is 48.8 Å². The number of hydrogen-bond donors (Lipinski definition) is 0. The fourth-order valence-electron chi connectivity index (χ4n) is 2.92. The van der Waals surface area contributed by atoms with Gasteiger partial charge in [0.2, 0.25) is 0 Å². The van der Waals surface area contributed by atoms with Crippen LogP contribution in [0.25, 0.3) is 0 Å². The Morgan fingerprint density at radius 3 is 2.90 bits per heavy atom. The van der Waals surface area contributed by atoms with Gasteiger partial charge in [0.05, 0.1) is 0 Å². The van der Waals surface area contributed by atoms with Gasteiger partial charge in [-0.15, -0.1) is 0 Å². The van der Waals surface area contributed by atoms with Gasteiger partial charge in [-0.3, -0.25) is 14.6 Å². The van der Waals surface area contributed by atoms with Crippen molar-refractivity contribution in [3.63, 3.8) is 0 Å². The van der Waals surface area contributed by atoms with Gasteiger partial charge < -0.3 is 4.74 Å². The second-order valence-electron chi connectivity index (χ2n) is 5.15. The number of pyridine rings is 1. The molecule has 0 N–H and O–H groups in total. The van der Waals surface area contributed by atoms with Crippen molar-refractivity contribution in [3.05, 3.63) is 65.5 Å². The summed E-state index contributed by atoms with van der Waals surface area (Å²) < 4.78 is 5.21. The zero-order valence-corrected chi connectivity index (χ0v) is 11.4. The highest BCUT2D eigenvalue weighted by molar-refractivity contribution is 6.01. The third-order valence-electron chi connectivity index (χ3n) is 3.91. The molecule has 1 heterocycles. The van der Waals surface area contributed by atoms with Gasteiger partial charge in [-0.1, -0.05) is 30.3 Å². The summed E-state index contributed by atoms with van der Waals surface area (Å²) in [5.41, 5.74) is 2.69. The van der Waals surface area contributed by atoms with Crippen LogP contribution in [0, 0.1) is 0 Å². The van der Waals surface area contributed by atoms with E-state index in [2.05, 4.69) is 4.98 Å². The average Bonchev–Trinajstić information content (AvgIpc) is 2.85. The van der Waals surface area contributed by atoms with E-state index in [1.807, 2.05) is 36.4 Å². The summed E-state index contributed by atoms with van der Waals surface area (Å²) in [6.07, 6.45) is 4.05. The van der Waals surface area contributed by atoms with Crippen molar-refractivity contribution in [3.8, 4) is 0 Å². The fraction of sp³-hybridized carbons (Fsp3) is 0.235. The standard InChI is InChI=1S/C17H15NO3/c19-11-21-17(12-4-3-7-18-10-12)9-13-8-16(20)15-6-2-1-5-14(13)15/h1-7,10-11,13,17H,8-9H2. The van der Waals surface area contributed by atoms with E-state index in [0.717, 1.165) is 16.7 Å². The zero-order chi connectivity index (χ0) is 14.7. The monoisotopic (exact) mass is 281 g/mol. The van der Waals surface area contributed by atoms with E-state index in [1.54, 1.807) is 12.4 Å². The molecule has 0 amide bonds. The molecule has 4 nitrogen and oxygen atoms in total. The average molecular weight is 281 g/mol. The maximum Gasteiger partial charge on any atom is 0.293 e. The quantitative estimate of drug-likeness (QED) is 0.790. The number of ketones is 1. The van der Waals surface area contributed by atoms with E-state index >= 15 is 0 Å². The number of ether oxygens (including phenoxy) is 1. The molecule has 2 unspecified atom stereocenters. The molecule has 0 radical (unpaired) electrons. The molecular weight excluding hydrogens is 266 g/mol. The molecule has 0 fully saturated rings. The van der Waals surface area contributed by atoms with Crippen molar-refractivity contribution in [2.45, 2.75) is 24.9 Å². The van der Waals surface area contributed by atoms with Crippen LogP contribution >= 0.6 is 0 Å². The number of carbonyl (C=O) groups is 2. The molecule has 0 aliphatic heterocycles. The summed E-state index contributed by atoms with van der Waals surface area (Å²) in [7, 11) is 0. The zero-order valence-electron chi connectivity index (χ0n) is 11.4. The molecule has 0 saturated carbocycles. The van der Waals surface area contributed by atoms with Gasteiger partial charge in [0.25, 0.3) is 6.47 Å². The fourth-order valence-corrected chi connectivity index (χ4v) is 2.92. The number of hydrogen-bond acceptors (Lipinski definition) is 4. The molecule has 1 aromatic heterocycles. The van der Waals surface area contributed by atoms with Gasteiger partial charge in [-0.05, 0) is 24.0 Å². The number of carbonyl (C=O) groups excluding carboxylic acids is 2. The minimum Gasteiger partial charge on any atom is -0.460 e. The first-order valence-electron chi connectivity index (χ1n) is 6.90. The van der Waals surface area contributed by atoms with Crippen molar-refractivity contribution in [2.24, 2.45) is 0 Å². The highest BCUT2D eigenvalue weighted by atomic mass is 16.5. The lowest BCUT2D eigenvalue weighted by Crippen LogP contribution is -2.08. The van der Waals surface area contributed by atoms with Crippen LogP contribution in [0.2, 0.25) is 0 Å². The number of rotatable bonds is 5. The lowest BCUT2D eigenvalue weighted by atomic mass is 9.92. The summed E-state index contributed by atoms with van der Waals surface area (Å²) >= 11 is 0. The molecule has 1 aliphatic carbocycles. The van der Waals surface area contributed by atoms with Crippen LogP contribution in [0.5, 0.6) is 0 Å². The summed E-state index contributed by atoms with van der Waals surface area (Å²) in [5.74, 6) is 0.241. The van der Waals surface area contributed by atoms with Crippen molar-refractivity contribution >= 4 is 12.3 Å². The molecule has 4 heteroatoms. The molecule has 1 aromatic carbocycles. The number of fused-ring (bicyclic) bond motifs is 1. The van der Waals surface area contributed by atoms with Gasteiger partial charge in [-0.25, -0.2) is 0 Å². The number of nitrogens with zero attached hydrogens (tertiary/aromatic N) is 1. The predicted octanol–water partition coefficient (Wildman–Crippen LogP) is 3.06. The topological polar surface area (TPSA) is 56.3 Å². The molecular formula is C17H15NO3. The van der Waals surface area contributed by atoms with Crippen molar-refractivity contribution in [1.82, 2.24) is 4.98 Å². The van der Waals surface area contributed by atoms with Gasteiger partial charge in [0.15, 0.2) is 5.78 Å². The first kappa shape index (κ1) is 13.5. The highest BCUT2D eigenvalue weighted by Crippen LogP contribution is 2.39. The van der Waals surface area contributed by atoms with Crippen molar-refractivity contribution in [1.29, 1.82) is 0 Å². The van der Waals surface area contributed by atoms with Gasteiger partial charge >= 0.3 is 0 Å². The van der Waals surface area contributed by atoms with E-state index in [1.165, 1.54) is 0 Å². The van der Waals surface area contributed by atoms with Crippen LogP contribution in [0.1, 0.15) is 46.3 Å². The first-order chi connectivity index (χ1) is 10.3. The Morgan fingerprint density at radius 1 is 1.29 bits per heavy atom. The molecule has 3 rings (SSSR count). The number of benzene rings is 1. The lowest BCUT2D eigenvalue weighted by molar-refractivity contribution is -0.134. The van der Waals surface area contributed by atoms with Crippen LogP contribution in [0.3, 0.4) is 0 Å². The van der Waals surface area contributed by atoms with Gasteiger partial charge in [0, 0.05) is 29.9 Å². The minimum absolute atomic E-state index is 0.0823. The predicted molar refractivity (Wildman–Crippen MR) is 76.9 cm³/mol. The van der Waals surface area contributed by atoms with Crippen molar-refractivity contribution in [2.75, 3.05) is 0 Å². The summed E-state index contributed by atoms with van der Waals surface area (Å²) in [5, 5.41) is 0. The van der Waals surface area contributed by atoms with Gasteiger partial charge in [-0.2, -0.15) is 0 Å². The second-order valence-corrected chi connectivity index (χ2v) is 5.15.